The van der Waals surface area contributed by atoms with Gasteiger partial charge in [-0.05, 0) is 44.0 Å². The Kier molecular flexibility index (Phi) is 6.51. The molecule has 0 bridgehead atoms. The van der Waals surface area contributed by atoms with E-state index in [4.69, 9.17) is 4.74 Å². The largest absolute Gasteiger partial charge is 0.377 e. The number of benzene rings is 1. The minimum Gasteiger partial charge on any atom is -0.377 e. The minimum absolute atomic E-state index is 0.353. The fourth-order valence-electron chi connectivity index (χ4n) is 2.82. The van der Waals surface area contributed by atoms with Crippen LogP contribution in [-0.2, 0) is 17.7 Å². The maximum absolute atomic E-state index is 5.73. The summed E-state index contributed by atoms with van der Waals surface area (Å²) < 4.78 is 5.73. The molecule has 0 saturated carbocycles. The fourth-order valence-corrected chi connectivity index (χ4v) is 2.82. The molecule has 3 nitrogen and oxygen atoms in total. The van der Waals surface area contributed by atoms with Crippen molar-refractivity contribution >= 4 is 0 Å². The van der Waals surface area contributed by atoms with E-state index in [2.05, 4.69) is 48.3 Å². The first-order valence-electron chi connectivity index (χ1n) is 7.91. The van der Waals surface area contributed by atoms with E-state index in [0.29, 0.717) is 6.10 Å². The standard InChI is InChI=1S/C17H28N2O/c1-3-18-10-9-16-7-4-5-8-17(16)14-19-11-6-12-20-15(2)13-19/h4-5,7-8,15,18H,3,6,9-14H2,1-2H3. The predicted octanol–water partition coefficient (Wildman–Crippen LogP) is 2.45. The van der Waals surface area contributed by atoms with Crippen molar-refractivity contribution in [2.45, 2.75) is 39.3 Å². The summed E-state index contributed by atoms with van der Waals surface area (Å²) in [5, 5.41) is 3.41. The zero-order valence-corrected chi connectivity index (χ0v) is 12.9. The Morgan fingerprint density at radius 2 is 2.10 bits per heavy atom. The smallest absolute Gasteiger partial charge is 0.0674 e. The lowest BCUT2D eigenvalue weighted by molar-refractivity contribution is 0.0667. The summed E-state index contributed by atoms with van der Waals surface area (Å²) in [6, 6.07) is 8.85. The topological polar surface area (TPSA) is 24.5 Å². The van der Waals surface area contributed by atoms with Crippen LogP contribution in [0.3, 0.4) is 0 Å². The van der Waals surface area contributed by atoms with Crippen molar-refractivity contribution in [3.63, 3.8) is 0 Å². The van der Waals surface area contributed by atoms with Crippen molar-refractivity contribution in [3.8, 4) is 0 Å². The van der Waals surface area contributed by atoms with Gasteiger partial charge in [-0.2, -0.15) is 0 Å². The average molecular weight is 276 g/mol. The van der Waals surface area contributed by atoms with Crippen LogP contribution in [-0.4, -0.2) is 43.8 Å². The van der Waals surface area contributed by atoms with Gasteiger partial charge in [-0.1, -0.05) is 31.2 Å². The number of nitrogens with one attached hydrogen (secondary N) is 1. The Balaban J connectivity index is 1.96. The second kappa shape index (κ2) is 8.40. The van der Waals surface area contributed by atoms with E-state index < -0.39 is 0 Å². The Morgan fingerprint density at radius 3 is 2.90 bits per heavy atom. The number of likely N-dealkylation sites (N-methyl/N-ethyl adjacent to an activating group) is 1. The van der Waals surface area contributed by atoms with Crippen LogP contribution in [0.1, 0.15) is 31.4 Å². The highest BCUT2D eigenvalue weighted by Gasteiger charge is 2.16. The molecule has 1 saturated heterocycles. The van der Waals surface area contributed by atoms with Crippen LogP contribution in [0.5, 0.6) is 0 Å². The van der Waals surface area contributed by atoms with E-state index in [1.807, 2.05) is 0 Å². The Hall–Kier alpha value is -0.900. The van der Waals surface area contributed by atoms with Crippen LogP contribution in [0.15, 0.2) is 24.3 Å². The maximum Gasteiger partial charge on any atom is 0.0674 e. The van der Waals surface area contributed by atoms with E-state index >= 15 is 0 Å². The molecule has 112 valence electrons. The maximum atomic E-state index is 5.73. The Bertz CT molecular complexity index is 394. The highest BCUT2D eigenvalue weighted by molar-refractivity contribution is 5.27. The summed E-state index contributed by atoms with van der Waals surface area (Å²) in [6.45, 7) is 10.6. The molecule has 0 aliphatic carbocycles. The second-order valence-electron chi connectivity index (χ2n) is 5.64. The highest BCUT2D eigenvalue weighted by atomic mass is 16.5. The third-order valence-corrected chi connectivity index (χ3v) is 3.87. The van der Waals surface area contributed by atoms with Gasteiger partial charge in [0.05, 0.1) is 6.10 Å². The average Bonchev–Trinajstić information content (AvgIpc) is 2.65. The molecular formula is C17H28N2O. The van der Waals surface area contributed by atoms with E-state index in [0.717, 1.165) is 52.2 Å². The summed E-state index contributed by atoms with van der Waals surface area (Å²) in [6.07, 6.45) is 2.61. The van der Waals surface area contributed by atoms with Crippen molar-refractivity contribution in [2.24, 2.45) is 0 Å². The number of rotatable bonds is 6. The molecule has 1 atom stereocenters. The van der Waals surface area contributed by atoms with Gasteiger partial charge in [-0.3, -0.25) is 4.90 Å². The molecule has 1 unspecified atom stereocenters. The highest BCUT2D eigenvalue weighted by Crippen LogP contribution is 2.15. The van der Waals surface area contributed by atoms with Gasteiger partial charge in [0.2, 0.25) is 0 Å². The molecule has 3 heteroatoms. The van der Waals surface area contributed by atoms with E-state index in [9.17, 15) is 0 Å². The molecule has 1 fully saturated rings. The summed E-state index contributed by atoms with van der Waals surface area (Å²) in [5.74, 6) is 0. The number of ether oxygens (including phenoxy) is 1. The molecule has 1 N–H and O–H groups in total. The van der Waals surface area contributed by atoms with Crippen LogP contribution in [0.2, 0.25) is 0 Å². The minimum atomic E-state index is 0.353. The first kappa shape index (κ1) is 15.5. The first-order chi connectivity index (χ1) is 9.79. The molecule has 20 heavy (non-hydrogen) atoms. The summed E-state index contributed by atoms with van der Waals surface area (Å²) in [4.78, 5) is 2.53. The van der Waals surface area contributed by atoms with Gasteiger partial charge in [0.15, 0.2) is 0 Å². The van der Waals surface area contributed by atoms with Crippen LogP contribution >= 0.6 is 0 Å². The fraction of sp³-hybridized carbons (Fsp3) is 0.647. The lowest BCUT2D eigenvalue weighted by Gasteiger charge is -2.23. The molecular weight excluding hydrogens is 248 g/mol. The number of hydrogen-bond acceptors (Lipinski definition) is 3. The van der Waals surface area contributed by atoms with Crippen LogP contribution < -0.4 is 5.32 Å². The van der Waals surface area contributed by atoms with Crippen molar-refractivity contribution in [3.05, 3.63) is 35.4 Å². The lowest BCUT2D eigenvalue weighted by Crippen LogP contribution is -2.30. The van der Waals surface area contributed by atoms with E-state index in [-0.39, 0.29) is 0 Å². The SMILES string of the molecule is CCNCCc1ccccc1CN1CCCOC(C)C1. The summed E-state index contributed by atoms with van der Waals surface area (Å²) >= 11 is 0. The third-order valence-electron chi connectivity index (χ3n) is 3.87. The molecule has 0 aromatic heterocycles. The van der Waals surface area contributed by atoms with Crippen molar-refractivity contribution in [1.82, 2.24) is 10.2 Å². The van der Waals surface area contributed by atoms with Gasteiger partial charge < -0.3 is 10.1 Å². The van der Waals surface area contributed by atoms with Gasteiger partial charge in [0.1, 0.15) is 0 Å². The third kappa shape index (κ3) is 4.89. The van der Waals surface area contributed by atoms with Gasteiger partial charge in [-0.15, -0.1) is 0 Å². The Morgan fingerprint density at radius 1 is 1.30 bits per heavy atom. The van der Waals surface area contributed by atoms with Crippen LogP contribution in [0.25, 0.3) is 0 Å². The number of nitrogens with zero attached hydrogens (tertiary/aromatic N) is 1. The monoisotopic (exact) mass is 276 g/mol. The summed E-state index contributed by atoms with van der Waals surface area (Å²) in [5.41, 5.74) is 2.95. The molecule has 0 amide bonds. The Labute approximate surface area is 123 Å². The van der Waals surface area contributed by atoms with Gasteiger partial charge in [0.25, 0.3) is 0 Å². The van der Waals surface area contributed by atoms with Crippen molar-refractivity contribution < 1.29 is 4.74 Å². The predicted molar refractivity (Wildman–Crippen MR) is 84.0 cm³/mol. The first-order valence-corrected chi connectivity index (χ1v) is 7.91. The quantitative estimate of drug-likeness (QED) is 0.808. The summed E-state index contributed by atoms with van der Waals surface area (Å²) in [7, 11) is 0. The normalized spacial score (nSPS) is 20.8. The molecule has 2 rings (SSSR count). The van der Waals surface area contributed by atoms with Gasteiger partial charge >= 0.3 is 0 Å². The van der Waals surface area contributed by atoms with E-state index in [1.54, 1.807) is 0 Å². The van der Waals surface area contributed by atoms with Gasteiger partial charge in [-0.25, -0.2) is 0 Å². The molecule has 1 heterocycles. The molecule has 1 aromatic carbocycles. The molecule has 0 radical (unpaired) electrons. The molecule has 1 aliphatic rings. The zero-order chi connectivity index (χ0) is 14.2. The van der Waals surface area contributed by atoms with Crippen molar-refractivity contribution in [1.29, 1.82) is 0 Å². The molecule has 1 aromatic rings. The van der Waals surface area contributed by atoms with Crippen LogP contribution in [0.4, 0.5) is 0 Å². The molecule has 1 aliphatic heterocycles. The van der Waals surface area contributed by atoms with Crippen LogP contribution in [0, 0.1) is 0 Å². The lowest BCUT2D eigenvalue weighted by atomic mass is 10.0. The van der Waals surface area contributed by atoms with E-state index in [1.165, 1.54) is 11.1 Å². The van der Waals surface area contributed by atoms with Gasteiger partial charge in [0, 0.05) is 26.2 Å². The van der Waals surface area contributed by atoms with Crippen molar-refractivity contribution in [2.75, 3.05) is 32.8 Å². The second-order valence-corrected chi connectivity index (χ2v) is 5.64. The number of hydrogen-bond donors (Lipinski definition) is 1. The molecule has 0 spiro atoms. The zero-order valence-electron chi connectivity index (χ0n) is 12.9.